The van der Waals surface area contributed by atoms with Gasteiger partial charge in [0.15, 0.2) is 0 Å². The molecule has 0 aliphatic carbocycles. The number of hydrogen-bond acceptors (Lipinski definition) is 3. The molecule has 3 aromatic rings. The summed E-state index contributed by atoms with van der Waals surface area (Å²) < 4.78 is 4.98. The van der Waals surface area contributed by atoms with Crippen molar-refractivity contribution >= 4 is 35.2 Å². The molecule has 1 aliphatic heterocycles. The van der Waals surface area contributed by atoms with E-state index in [1.807, 2.05) is 60.7 Å². The number of halogens is 1. The van der Waals surface area contributed by atoms with Gasteiger partial charge in [0.2, 0.25) is 0 Å². The van der Waals surface area contributed by atoms with Gasteiger partial charge in [-0.2, -0.15) is 0 Å². The molecule has 1 aliphatic rings. The fraction of sp³-hybridized carbons (Fsp3) is 0. The highest BCUT2D eigenvalue weighted by atomic mass is 35.5. The Hall–Kier alpha value is -3.43. The number of carbonyl (C=O) groups is 2. The van der Waals surface area contributed by atoms with E-state index in [1.54, 1.807) is 30.3 Å². The molecule has 3 nitrogen and oxygen atoms in total. The Labute approximate surface area is 167 Å². The first-order valence-electron chi connectivity index (χ1n) is 8.73. The SMILES string of the molecule is O=C1OC(=O)/C(=C/c2ccc(Cl)cc2)C1=C(c1ccccc1)c1ccccc1. The molecule has 0 bridgehead atoms. The highest BCUT2D eigenvalue weighted by Gasteiger charge is 2.36. The van der Waals surface area contributed by atoms with E-state index >= 15 is 0 Å². The van der Waals surface area contributed by atoms with Gasteiger partial charge < -0.3 is 4.74 Å². The molecule has 0 radical (unpaired) electrons. The van der Waals surface area contributed by atoms with Crippen LogP contribution >= 0.6 is 11.6 Å². The lowest BCUT2D eigenvalue weighted by Crippen LogP contribution is -2.02. The average molecular weight is 387 g/mol. The molecule has 4 rings (SSSR count). The molecule has 1 heterocycles. The maximum atomic E-state index is 12.7. The molecule has 3 aromatic carbocycles. The molecule has 1 fully saturated rings. The minimum Gasteiger partial charge on any atom is -0.386 e. The van der Waals surface area contributed by atoms with Gasteiger partial charge in [0.05, 0.1) is 11.1 Å². The van der Waals surface area contributed by atoms with Crippen molar-refractivity contribution < 1.29 is 14.3 Å². The van der Waals surface area contributed by atoms with Crippen LogP contribution in [-0.4, -0.2) is 11.9 Å². The maximum Gasteiger partial charge on any atom is 0.347 e. The van der Waals surface area contributed by atoms with Crippen LogP contribution in [0.25, 0.3) is 11.6 Å². The predicted molar refractivity (Wildman–Crippen MR) is 109 cm³/mol. The summed E-state index contributed by atoms with van der Waals surface area (Å²) in [5.41, 5.74) is 3.57. The van der Waals surface area contributed by atoms with Gasteiger partial charge in [-0.15, -0.1) is 0 Å². The van der Waals surface area contributed by atoms with E-state index in [9.17, 15) is 9.59 Å². The summed E-state index contributed by atoms with van der Waals surface area (Å²) in [6.07, 6.45) is 1.66. The van der Waals surface area contributed by atoms with E-state index in [2.05, 4.69) is 0 Å². The first-order chi connectivity index (χ1) is 13.6. The van der Waals surface area contributed by atoms with Crippen molar-refractivity contribution in [3.05, 3.63) is 118 Å². The standard InChI is InChI=1S/C24H15ClO3/c25-19-13-11-16(12-14-19)15-20-22(24(27)28-23(20)26)21(17-7-3-1-4-8-17)18-9-5-2-6-10-18/h1-15H/b20-15+. The number of hydrogen-bond donors (Lipinski definition) is 0. The Bertz CT molecular complexity index is 1050. The highest BCUT2D eigenvalue weighted by Crippen LogP contribution is 2.36. The van der Waals surface area contributed by atoms with Gasteiger partial charge in [0.1, 0.15) is 0 Å². The number of rotatable bonds is 3. The second-order valence-corrected chi connectivity index (χ2v) is 6.71. The van der Waals surface area contributed by atoms with Crippen LogP contribution in [0.2, 0.25) is 5.02 Å². The topological polar surface area (TPSA) is 43.4 Å². The highest BCUT2D eigenvalue weighted by molar-refractivity contribution is 6.30. The van der Waals surface area contributed by atoms with Crippen molar-refractivity contribution in [3.8, 4) is 0 Å². The monoisotopic (exact) mass is 386 g/mol. The Kier molecular flexibility index (Phi) is 4.92. The number of benzene rings is 3. The number of ether oxygens (including phenoxy) is 1. The Balaban J connectivity index is 1.98. The molecule has 0 atom stereocenters. The minimum absolute atomic E-state index is 0.232. The lowest BCUT2D eigenvalue weighted by Gasteiger charge is -2.11. The van der Waals surface area contributed by atoms with E-state index in [4.69, 9.17) is 16.3 Å². The molecule has 0 aromatic heterocycles. The number of carbonyl (C=O) groups excluding carboxylic acids is 2. The molecule has 4 heteroatoms. The van der Waals surface area contributed by atoms with Crippen LogP contribution in [0.4, 0.5) is 0 Å². The van der Waals surface area contributed by atoms with Gasteiger partial charge in [-0.05, 0) is 34.9 Å². The predicted octanol–water partition coefficient (Wildman–Crippen LogP) is 5.31. The molecule has 28 heavy (non-hydrogen) atoms. The van der Waals surface area contributed by atoms with E-state index < -0.39 is 11.9 Å². The minimum atomic E-state index is -0.653. The summed E-state index contributed by atoms with van der Waals surface area (Å²) in [6.45, 7) is 0. The first-order valence-corrected chi connectivity index (χ1v) is 9.10. The van der Waals surface area contributed by atoms with Crippen LogP contribution in [0.3, 0.4) is 0 Å². The van der Waals surface area contributed by atoms with Gasteiger partial charge in [-0.25, -0.2) is 9.59 Å². The van der Waals surface area contributed by atoms with Gasteiger partial charge >= 0.3 is 11.9 Å². The number of esters is 2. The lowest BCUT2D eigenvalue weighted by atomic mass is 9.89. The van der Waals surface area contributed by atoms with Crippen molar-refractivity contribution in [2.75, 3.05) is 0 Å². The second-order valence-electron chi connectivity index (χ2n) is 6.27. The summed E-state index contributed by atoms with van der Waals surface area (Å²) in [7, 11) is 0. The second kappa shape index (κ2) is 7.67. The van der Waals surface area contributed by atoms with E-state index in [-0.39, 0.29) is 11.1 Å². The summed E-state index contributed by atoms with van der Waals surface area (Å²) in [6, 6.07) is 26.0. The van der Waals surface area contributed by atoms with Gasteiger partial charge in [-0.1, -0.05) is 84.4 Å². The maximum absolute atomic E-state index is 12.7. The molecule has 0 amide bonds. The van der Waals surface area contributed by atoms with E-state index in [0.29, 0.717) is 10.6 Å². The van der Waals surface area contributed by atoms with Crippen molar-refractivity contribution in [2.24, 2.45) is 0 Å². The molecule has 0 unspecified atom stereocenters. The van der Waals surface area contributed by atoms with Crippen molar-refractivity contribution in [1.82, 2.24) is 0 Å². The molecule has 0 N–H and O–H groups in total. The lowest BCUT2D eigenvalue weighted by molar-refractivity contribution is -0.149. The Morgan fingerprint density at radius 1 is 0.714 bits per heavy atom. The van der Waals surface area contributed by atoms with Crippen LogP contribution in [0.15, 0.2) is 96.1 Å². The molecule has 136 valence electrons. The van der Waals surface area contributed by atoms with Crippen molar-refractivity contribution in [1.29, 1.82) is 0 Å². The molecule has 1 saturated heterocycles. The fourth-order valence-electron chi connectivity index (χ4n) is 3.16. The van der Waals surface area contributed by atoms with Crippen LogP contribution < -0.4 is 0 Å². The van der Waals surface area contributed by atoms with Crippen LogP contribution in [-0.2, 0) is 14.3 Å². The molecule has 0 saturated carbocycles. The van der Waals surface area contributed by atoms with E-state index in [0.717, 1.165) is 16.7 Å². The zero-order chi connectivity index (χ0) is 19.5. The van der Waals surface area contributed by atoms with Crippen LogP contribution in [0.5, 0.6) is 0 Å². The molecule has 0 spiro atoms. The third-order valence-corrected chi connectivity index (χ3v) is 4.69. The molecular weight excluding hydrogens is 372 g/mol. The largest absolute Gasteiger partial charge is 0.386 e. The smallest absolute Gasteiger partial charge is 0.347 e. The summed E-state index contributed by atoms with van der Waals surface area (Å²) in [5, 5.41) is 0.595. The van der Waals surface area contributed by atoms with Gasteiger partial charge in [-0.3, -0.25) is 0 Å². The Morgan fingerprint density at radius 2 is 1.25 bits per heavy atom. The van der Waals surface area contributed by atoms with Crippen molar-refractivity contribution in [3.63, 3.8) is 0 Å². The zero-order valence-corrected chi connectivity index (χ0v) is 15.5. The van der Waals surface area contributed by atoms with Crippen LogP contribution in [0, 0.1) is 0 Å². The quantitative estimate of drug-likeness (QED) is 0.348. The normalized spacial score (nSPS) is 15.0. The number of cyclic esters (lactones) is 2. The van der Waals surface area contributed by atoms with Gasteiger partial charge in [0.25, 0.3) is 0 Å². The summed E-state index contributed by atoms with van der Waals surface area (Å²) >= 11 is 5.94. The van der Waals surface area contributed by atoms with E-state index in [1.165, 1.54) is 0 Å². The first kappa shape index (κ1) is 18.0. The van der Waals surface area contributed by atoms with Crippen LogP contribution in [0.1, 0.15) is 16.7 Å². The van der Waals surface area contributed by atoms with Gasteiger partial charge in [0, 0.05) is 10.6 Å². The third kappa shape index (κ3) is 3.53. The van der Waals surface area contributed by atoms with Crippen molar-refractivity contribution in [2.45, 2.75) is 0 Å². The summed E-state index contributed by atoms with van der Waals surface area (Å²) in [4.78, 5) is 25.1. The Morgan fingerprint density at radius 3 is 1.79 bits per heavy atom. The fourth-order valence-corrected chi connectivity index (χ4v) is 3.29. The average Bonchev–Trinajstić information content (AvgIpc) is 2.99. The zero-order valence-electron chi connectivity index (χ0n) is 14.8. The summed E-state index contributed by atoms with van der Waals surface area (Å²) in [5.74, 6) is -1.30. The third-order valence-electron chi connectivity index (χ3n) is 4.43. The molecular formula is C24H15ClO3.